The highest BCUT2D eigenvalue weighted by Gasteiger charge is 2.17. The van der Waals surface area contributed by atoms with E-state index in [4.69, 9.17) is 0 Å². The van der Waals surface area contributed by atoms with Gasteiger partial charge in [0, 0.05) is 30.0 Å². The second kappa shape index (κ2) is 7.74. The molecule has 1 aromatic carbocycles. The highest BCUT2D eigenvalue weighted by atomic mass is 32.2. The minimum absolute atomic E-state index is 0.0222. The van der Waals surface area contributed by atoms with Crippen LogP contribution in [0.3, 0.4) is 0 Å². The molecule has 0 aliphatic carbocycles. The quantitative estimate of drug-likeness (QED) is 0.596. The van der Waals surface area contributed by atoms with Gasteiger partial charge in [0.05, 0.1) is 4.92 Å². The van der Waals surface area contributed by atoms with Crippen LogP contribution in [-0.4, -0.2) is 35.4 Å². The third kappa shape index (κ3) is 4.41. The second-order valence-corrected chi connectivity index (χ2v) is 5.26. The van der Waals surface area contributed by atoms with Gasteiger partial charge in [0.25, 0.3) is 11.6 Å². The number of rotatable bonds is 7. The number of nitro groups is 1. The van der Waals surface area contributed by atoms with Crippen molar-refractivity contribution in [2.75, 3.05) is 23.9 Å². The molecule has 0 aliphatic rings. The van der Waals surface area contributed by atoms with E-state index < -0.39 is 4.92 Å². The molecule has 6 nitrogen and oxygen atoms in total. The molecule has 110 valence electrons. The van der Waals surface area contributed by atoms with E-state index in [2.05, 4.69) is 10.6 Å². The van der Waals surface area contributed by atoms with Crippen molar-refractivity contribution in [3.05, 3.63) is 33.9 Å². The Balaban J connectivity index is 3.05. The third-order valence-electron chi connectivity index (χ3n) is 2.61. The van der Waals surface area contributed by atoms with E-state index >= 15 is 0 Å². The summed E-state index contributed by atoms with van der Waals surface area (Å²) in [5, 5.41) is 16.8. The third-order valence-corrected chi connectivity index (χ3v) is 3.44. The Labute approximate surface area is 122 Å². The van der Waals surface area contributed by atoms with Crippen LogP contribution >= 0.6 is 11.8 Å². The zero-order valence-corrected chi connectivity index (χ0v) is 12.6. The molecule has 2 N–H and O–H groups in total. The Morgan fingerprint density at radius 1 is 1.50 bits per heavy atom. The fourth-order valence-electron chi connectivity index (χ4n) is 1.77. The largest absolute Gasteiger partial charge is 0.376 e. The van der Waals surface area contributed by atoms with Crippen LogP contribution in [0.15, 0.2) is 18.2 Å². The van der Waals surface area contributed by atoms with Crippen LogP contribution in [0.1, 0.15) is 24.2 Å². The summed E-state index contributed by atoms with van der Waals surface area (Å²) in [6.45, 7) is 4.28. The van der Waals surface area contributed by atoms with Gasteiger partial charge in [0.1, 0.15) is 5.69 Å². The summed E-state index contributed by atoms with van der Waals surface area (Å²) < 4.78 is 0. The normalized spacial score (nSPS) is 11.8. The van der Waals surface area contributed by atoms with Crippen LogP contribution in [0.2, 0.25) is 0 Å². The average molecular weight is 297 g/mol. The molecule has 1 unspecified atom stereocenters. The van der Waals surface area contributed by atoms with Gasteiger partial charge in [-0.15, -0.1) is 0 Å². The number of amides is 1. The van der Waals surface area contributed by atoms with Crippen LogP contribution in [-0.2, 0) is 0 Å². The lowest BCUT2D eigenvalue weighted by molar-refractivity contribution is -0.384. The number of hydrogen-bond donors (Lipinski definition) is 2. The summed E-state index contributed by atoms with van der Waals surface area (Å²) in [6, 6.07) is 4.43. The summed E-state index contributed by atoms with van der Waals surface area (Å²) in [5.74, 6) is 0.589. The van der Waals surface area contributed by atoms with E-state index in [0.29, 0.717) is 17.8 Å². The van der Waals surface area contributed by atoms with Crippen LogP contribution < -0.4 is 10.6 Å². The molecule has 0 saturated carbocycles. The van der Waals surface area contributed by atoms with E-state index in [1.165, 1.54) is 18.2 Å². The van der Waals surface area contributed by atoms with Crippen molar-refractivity contribution in [2.24, 2.45) is 0 Å². The van der Waals surface area contributed by atoms with Gasteiger partial charge in [0.15, 0.2) is 0 Å². The molecule has 0 aromatic heterocycles. The van der Waals surface area contributed by atoms with Crippen molar-refractivity contribution < 1.29 is 9.72 Å². The fourth-order valence-corrected chi connectivity index (χ4v) is 2.36. The van der Waals surface area contributed by atoms with Crippen molar-refractivity contribution in [3.63, 3.8) is 0 Å². The van der Waals surface area contributed by atoms with Gasteiger partial charge < -0.3 is 10.6 Å². The van der Waals surface area contributed by atoms with Crippen LogP contribution in [0.5, 0.6) is 0 Å². The number of anilines is 1. The van der Waals surface area contributed by atoms with Gasteiger partial charge in [-0.05, 0) is 32.2 Å². The molecule has 1 aromatic rings. The molecular formula is C13H19N3O3S. The Bertz CT molecular complexity index is 494. The first-order chi connectivity index (χ1) is 9.49. The summed E-state index contributed by atoms with van der Waals surface area (Å²) >= 11 is 1.65. The smallest absolute Gasteiger partial charge is 0.292 e. The summed E-state index contributed by atoms with van der Waals surface area (Å²) in [6.07, 6.45) is 1.97. The van der Waals surface area contributed by atoms with Crippen molar-refractivity contribution in [1.82, 2.24) is 5.32 Å². The number of carbonyl (C=O) groups excluding carboxylic acids is 1. The molecule has 1 atom stereocenters. The Hall–Kier alpha value is -1.76. The molecule has 1 amide bonds. The predicted molar refractivity (Wildman–Crippen MR) is 82.6 cm³/mol. The predicted octanol–water partition coefficient (Wildman–Crippen LogP) is 2.51. The number of thioether (sulfide) groups is 1. The summed E-state index contributed by atoms with van der Waals surface area (Å²) in [7, 11) is 0. The first kappa shape index (κ1) is 16.3. The van der Waals surface area contributed by atoms with E-state index in [1.54, 1.807) is 11.8 Å². The molecule has 1 rings (SSSR count). The number of carbonyl (C=O) groups is 1. The maximum atomic E-state index is 11.8. The number of nitrogens with zero attached hydrogens (tertiary/aromatic N) is 1. The minimum atomic E-state index is -0.449. The first-order valence-corrected chi connectivity index (χ1v) is 7.71. The molecule has 0 radical (unpaired) electrons. The molecular weight excluding hydrogens is 278 g/mol. The number of hydrogen-bond acceptors (Lipinski definition) is 5. The van der Waals surface area contributed by atoms with Crippen molar-refractivity contribution in [1.29, 1.82) is 0 Å². The number of nitro benzene ring substituents is 1. The average Bonchev–Trinajstić information content (AvgIpc) is 2.38. The SMILES string of the molecule is CCNC(=O)c1ccc([N+](=O)[O-])c(NC(C)CSC)c1. The molecule has 0 aliphatic heterocycles. The zero-order chi connectivity index (χ0) is 15.1. The summed E-state index contributed by atoms with van der Waals surface area (Å²) in [5.41, 5.74) is 0.766. The standard InChI is InChI=1S/C13H19N3O3S/c1-4-14-13(17)10-5-6-12(16(18)19)11(7-10)15-9(2)8-20-3/h5-7,9,15H,4,8H2,1-3H3,(H,14,17). The van der Waals surface area contributed by atoms with Crippen LogP contribution in [0.25, 0.3) is 0 Å². The van der Waals surface area contributed by atoms with Crippen LogP contribution in [0.4, 0.5) is 11.4 Å². The van der Waals surface area contributed by atoms with Crippen LogP contribution in [0, 0.1) is 10.1 Å². The number of benzene rings is 1. The number of nitrogens with one attached hydrogen (secondary N) is 2. The minimum Gasteiger partial charge on any atom is -0.376 e. The monoisotopic (exact) mass is 297 g/mol. The molecule has 20 heavy (non-hydrogen) atoms. The van der Waals surface area contributed by atoms with E-state index in [0.717, 1.165) is 5.75 Å². The van der Waals surface area contributed by atoms with Gasteiger partial charge in [0.2, 0.25) is 0 Å². The van der Waals surface area contributed by atoms with Gasteiger partial charge in [-0.25, -0.2) is 0 Å². The second-order valence-electron chi connectivity index (χ2n) is 4.35. The first-order valence-electron chi connectivity index (χ1n) is 6.31. The van der Waals surface area contributed by atoms with Crippen molar-refractivity contribution in [3.8, 4) is 0 Å². The maximum Gasteiger partial charge on any atom is 0.292 e. The molecule has 0 bridgehead atoms. The van der Waals surface area contributed by atoms with Gasteiger partial charge >= 0.3 is 0 Å². The summed E-state index contributed by atoms with van der Waals surface area (Å²) in [4.78, 5) is 22.4. The topological polar surface area (TPSA) is 84.3 Å². The van der Waals surface area contributed by atoms with E-state index in [1.807, 2.05) is 20.1 Å². The van der Waals surface area contributed by atoms with Gasteiger partial charge in [-0.3, -0.25) is 14.9 Å². The molecule has 0 heterocycles. The maximum absolute atomic E-state index is 11.8. The Morgan fingerprint density at radius 3 is 2.75 bits per heavy atom. The van der Waals surface area contributed by atoms with E-state index in [9.17, 15) is 14.9 Å². The molecule has 7 heteroatoms. The van der Waals surface area contributed by atoms with Crippen molar-refractivity contribution >= 4 is 29.0 Å². The lowest BCUT2D eigenvalue weighted by Gasteiger charge is -2.15. The van der Waals surface area contributed by atoms with Crippen molar-refractivity contribution in [2.45, 2.75) is 19.9 Å². The molecule has 0 spiro atoms. The highest BCUT2D eigenvalue weighted by Crippen LogP contribution is 2.26. The lowest BCUT2D eigenvalue weighted by Crippen LogP contribution is -2.23. The zero-order valence-electron chi connectivity index (χ0n) is 11.8. The van der Waals surface area contributed by atoms with Gasteiger partial charge in [-0.1, -0.05) is 0 Å². The Kier molecular flexibility index (Phi) is 6.30. The molecule has 0 fully saturated rings. The van der Waals surface area contributed by atoms with Gasteiger partial charge in [-0.2, -0.15) is 11.8 Å². The highest BCUT2D eigenvalue weighted by molar-refractivity contribution is 7.98. The fraction of sp³-hybridized carbons (Fsp3) is 0.462. The molecule has 0 saturated heterocycles. The Morgan fingerprint density at radius 2 is 2.20 bits per heavy atom. The van der Waals surface area contributed by atoms with E-state index in [-0.39, 0.29) is 17.6 Å². The lowest BCUT2D eigenvalue weighted by atomic mass is 10.1.